The first-order valence-corrected chi connectivity index (χ1v) is 9.18. The minimum absolute atomic E-state index is 0.300. The second kappa shape index (κ2) is 6.71. The van der Waals surface area contributed by atoms with Gasteiger partial charge in [0.1, 0.15) is 17.3 Å². The topological polar surface area (TPSA) is 50.7 Å². The van der Waals surface area contributed by atoms with Crippen molar-refractivity contribution in [2.45, 2.75) is 65.5 Å². The molecule has 1 N–H and O–H groups in total. The minimum Gasteiger partial charge on any atom is -0.444 e. The van der Waals surface area contributed by atoms with E-state index in [2.05, 4.69) is 21.2 Å². The first-order valence-electron chi connectivity index (χ1n) is 8.38. The number of aliphatic imine (C=N–C) groups is 1. The largest absolute Gasteiger partial charge is 0.444 e. The molecule has 1 heterocycles. The Morgan fingerprint density at radius 3 is 2.52 bits per heavy atom. The highest BCUT2D eigenvalue weighted by Crippen LogP contribution is 2.42. The third-order valence-corrected chi connectivity index (χ3v) is 4.86. The molecule has 4 nitrogen and oxygen atoms in total. The fraction of sp³-hybridized carbons (Fsp3) is 0.579. The van der Waals surface area contributed by atoms with Crippen LogP contribution >= 0.6 is 15.9 Å². The van der Waals surface area contributed by atoms with Gasteiger partial charge in [-0.1, -0.05) is 29.8 Å². The average Bonchev–Trinajstić information content (AvgIpc) is 2.44. The number of nitrogens with zero attached hydrogens (tertiary/aromatic N) is 1. The van der Waals surface area contributed by atoms with Crippen molar-refractivity contribution >= 4 is 27.9 Å². The highest BCUT2D eigenvalue weighted by Gasteiger charge is 2.40. The van der Waals surface area contributed by atoms with Crippen LogP contribution in [0.25, 0.3) is 0 Å². The maximum atomic E-state index is 14.4. The van der Waals surface area contributed by atoms with Gasteiger partial charge in [-0.05, 0) is 58.7 Å². The second-order valence-corrected chi connectivity index (χ2v) is 9.28. The van der Waals surface area contributed by atoms with Gasteiger partial charge in [0.05, 0.1) is 5.54 Å². The third kappa shape index (κ3) is 4.81. The van der Waals surface area contributed by atoms with E-state index in [0.29, 0.717) is 17.8 Å². The van der Waals surface area contributed by atoms with Crippen molar-refractivity contribution in [3.05, 3.63) is 34.1 Å². The van der Waals surface area contributed by atoms with Crippen LogP contribution in [0, 0.1) is 11.2 Å². The van der Waals surface area contributed by atoms with E-state index >= 15 is 0 Å². The number of hydrogen-bond donors (Lipinski definition) is 1. The number of rotatable bonds is 1. The zero-order valence-electron chi connectivity index (χ0n) is 15.7. The van der Waals surface area contributed by atoms with Crippen LogP contribution in [0.1, 0.15) is 59.9 Å². The third-order valence-electron chi connectivity index (χ3n) is 4.36. The zero-order valence-corrected chi connectivity index (χ0v) is 17.3. The van der Waals surface area contributed by atoms with Gasteiger partial charge in [-0.15, -0.1) is 0 Å². The van der Waals surface area contributed by atoms with Crippen LogP contribution < -0.4 is 5.32 Å². The molecule has 1 aromatic rings. The standard InChI is InChI=1S/C19H26BrFN2O2/c1-17(2,3)25-16(24)22-15-18(4,5)9-10-19(6,23-15)13-11-12(20)7-8-14(13)21/h7-8,11H,9-10H2,1-6H3,(H,22,23,24)/t19-/m0/s1. The normalized spacial score (nSPS) is 23.0. The van der Waals surface area contributed by atoms with Crippen molar-refractivity contribution < 1.29 is 13.9 Å². The fourth-order valence-electron chi connectivity index (χ4n) is 2.83. The lowest BCUT2D eigenvalue weighted by atomic mass is 9.75. The summed E-state index contributed by atoms with van der Waals surface area (Å²) in [5, 5.41) is 2.78. The van der Waals surface area contributed by atoms with Crippen LogP contribution in [-0.2, 0) is 10.3 Å². The summed E-state index contributed by atoms with van der Waals surface area (Å²) in [7, 11) is 0. The Labute approximate surface area is 157 Å². The van der Waals surface area contributed by atoms with Gasteiger partial charge >= 0.3 is 6.09 Å². The summed E-state index contributed by atoms with van der Waals surface area (Å²) in [5.74, 6) is 0.223. The predicted octanol–water partition coefficient (Wildman–Crippen LogP) is 5.55. The number of alkyl carbamates (subject to hydrolysis) is 1. The molecular formula is C19H26BrFN2O2. The average molecular weight is 413 g/mol. The molecular weight excluding hydrogens is 387 g/mol. The van der Waals surface area contributed by atoms with Crippen LogP contribution in [0.2, 0.25) is 0 Å². The van der Waals surface area contributed by atoms with Crippen LogP contribution in [-0.4, -0.2) is 17.5 Å². The lowest BCUT2D eigenvalue weighted by molar-refractivity contribution is 0.0555. The van der Waals surface area contributed by atoms with E-state index in [9.17, 15) is 9.18 Å². The SMILES string of the molecule is CC(C)(C)OC(=O)NC1=N[C@](C)(c2cc(Br)ccc2F)CCC1(C)C. The molecule has 0 bridgehead atoms. The van der Waals surface area contributed by atoms with E-state index in [-0.39, 0.29) is 11.2 Å². The quantitative estimate of drug-likeness (QED) is 0.657. The van der Waals surface area contributed by atoms with Crippen LogP contribution in [0.5, 0.6) is 0 Å². The maximum Gasteiger partial charge on any atom is 0.413 e. The van der Waals surface area contributed by atoms with Gasteiger partial charge in [0, 0.05) is 15.5 Å². The highest BCUT2D eigenvalue weighted by atomic mass is 79.9. The lowest BCUT2D eigenvalue weighted by Gasteiger charge is -2.39. The zero-order chi connectivity index (χ0) is 19.0. The van der Waals surface area contributed by atoms with Gasteiger partial charge in [0.2, 0.25) is 0 Å². The minimum atomic E-state index is -0.742. The molecule has 0 fully saturated rings. The number of carbonyl (C=O) groups is 1. The van der Waals surface area contributed by atoms with E-state index in [1.165, 1.54) is 6.07 Å². The molecule has 6 heteroatoms. The second-order valence-electron chi connectivity index (χ2n) is 8.37. The molecule has 1 atom stereocenters. The molecule has 2 rings (SSSR count). The number of ether oxygens (including phenoxy) is 1. The van der Waals surface area contributed by atoms with E-state index in [0.717, 1.165) is 10.9 Å². The van der Waals surface area contributed by atoms with Gasteiger partial charge in [-0.25, -0.2) is 9.18 Å². The molecule has 1 aliphatic rings. The Kier molecular flexibility index (Phi) is 5.34. The molecule has 0 saturated carbocycles. The summed E-state index contributed by atoms with van der Waals surface area (Å²) in [5.41, 5.74) is -1.14. The monoisotopic (exact) mass is 412 g/mol. The van der Waals surface area contributed by atoms with Crippen molar-refractivity contribution in [3.8, 4) is 0 Å². The number of nitrogens with one attached hydrogen (secondary N) is 1. The summed E-state index contributed by atoms with van der Waals surface area (Å²) in [6.45, 7) is 11.3. The number of amides is 1. The number of carbonyl (C=O) groups excluding carboxylic acids is 1. The Hall–Kier alpha value is -1.43. The molecule has 0 aliphatic carbocycles. The van der Waals surface area contributed by atoms with Crippen molar-refractivity contribution in [3.63, 3.8) is 0 Å². The van der Waals surface area contributed by atoms with Crippen molar-refractivity contribution in [1.82, 2.24) is 5.32 Å². The fourth-order valence-corrected chi connectivity index (χ4v) is 3.19. The summed E-state index contributed by atoms with van der Waals surface area (Å²) in [6.07, 6.45) is 0.912. The van der Waals surface area contributed by atoms with E-state index < -0.39 is 17.2 Å². The molecule has 0 aromatic heterocycles. The number of halogens is 2. The molecule has 0 saturated heterocycles. The smallest absolute Gasteiger partial charge is 0.413 e. The van der Waals surface area contributed by atoms with Crippen molar-refractivity contribution in [1.29, 1.82) is 0 Å². The van der Waals surface area contributed by atoms with E-state index in [4.69, 9.17) is 9.73 Å². The Morgan fingerprint density at radius 1 is 1.28 bits per heavy atom. The Balaban J connectivity index is 2.39. The van der Waals surface area contributed by atoms with Gasteiger partial charge < -0.3 is 4.74 Å². The molecule has 0 unspecified atom stereocenters. The molecule has 0 radical (unpaired) electrons. The van der Waals surface area contributed by atoms with Gasteiger partial charge in [-0.2, -0.15) is 0 Å². The van der Waals surface area contributed by atoms with E-state index in [1.54, 1.807) is 32.9 Å². The van der Waals surface area contributed by atoms with Gasteiger partial charge in [-0.3, -0.25) is 10.3 Å². The summed E-state index contributed by atoms with van der Waals surface area (Å²) in [6, 6.07) is 4.85. The summed E-state index contributed by atoms with van der Waals surface area (Å²) in [4.78, 5) is 16.9. The number of amidine groups is 1. The van der Waals surface area contributed by atoms with Crippen molar-refractivity contribution in [2.24, 2.45) is 10.4 Å². The summed E-state index contributed by atoms with van der Waals surface area (Å²) < 4.78 is 20.5. The molecule has 1 aromatic carbocycles. The number of benzene rings is 1. The number of hydrogen-bond acceptors (Lipinski definition) is 3. The molecule has 0 spiro atoms. The van der Waals surface area contributed by atoms with Crippen LogP contribution in [0.4, 0.5) is 9.18 Å². The molecule has 138 valence electrons. The lowest BCUT2D eigenvalue weighted by Crippen LogP contribution is -2.47. The first kappa shape index (κ1) is 19.9. The van der Waals surface area contributed by atoms with Crippen LogP contribution in [0.15, 0.2) is 27.7 Å². The van der Waals surface area contributed by atoms with Crippen molar-refractivity contribution in [2.75, 3.05) is 0 Å². The Morgan fingerprint density at radius 2 is 1.92 bits per heavy atom. The summed E-state index contributed by atoms with van der Waals surface area (Å²) >= 11 is 3.39. The highest BCUT2D eigenvalue weighted by molar-refractivity contribution is 9.10. The molecule has 1 aliphatic heterocycles. The molecule has 1 amide bonds. The molecule has 25 heavy (non-hydrogen) atoms. The maximum absolute atomic E-state index is 14.4. The van der Waals surface area contributed by atoms with E-state index in [1.807, 2.05) is 20.8 Å². The van der Waals surface area contributed by atoms with Gasteiger partial charge in [0.15, 0.2) is 0 Å². The van der Waals surface area contributed by atoms with Gasteiger partial charge in [0.25, 0.3) is 0 Å². The Bertz CT molecular complexity index is 710. The predicted molar refractivity (Wildman–Crippen MR) is 101 cm³/mol. The first-order chi connectivity index (χ1) is 11.3. The van der Waals surface area contributed by atoms with Crippen LogP contribution in [0.3, 0.4) is 0 Å².